The van der Waals surface area contributed by atoms with E-state index in [4.69, 9.17) is 23.2 Å². The summed E-state index contributed by atoms with van der Waals surface area (Å²) in [5.74, 6) is -3.60. The van der Waals surface area contributed by atoms with Crippen molar-refractivity contribution in [2.75, 3.05) is 13.6 Å². The van der Waals surface area contributed by atoms with Crippen molar-refractivity contribution < 1.29 is 18.8 Å². The van der Waals surface area contributed by atoms with E-state index in [1.165, 1.54) is 36.2 Å². The molecule has 0 aromatic heterocycles. The second kappa shape index (κ2) is 8.93. The smallest absolute Gasteiger partial charge is 0.291 e. The summed E-state index contributed by atoms with van der Waals surface area (Å²) in [5.41, 5.74) is 1.51. The molecule has 0 aliphatic carbocycles. The van der Waals surface area contributed by atoms with Crippen LogP contribution in [0.25, 0.3) is 0 Å². The molecule has 1 heterocycles. The zero-order valence-electron chi connectivity index (χ0n) is 15.6. The molecule has 1 fully saturated rings. The largest absolute Gasteiger partial charge is 0.355 e. The Kier molecular flexibility index (Phi) is 6.55. The minimum Gasteiger partial charge on any atom is -0.355 e. The molecule has 2 amide bonds. The number of carbonyl (C=O) groups is 3. The number of amides is 2. The first-order valence-corrected chi connectivity index (χ1v) is 9.83. The van der Waals surface area contributed by atoms with Crippen LogP contribution >= 0.6 is 23.2 Å². The summed E-state index contributed by atoms with van der Waals surface area (Å²) >= 11 is 11.9. The Hall–Kier alpha value is -2.44. The van der Waals surface area contributed by atoms with Crippen molar-refractivity contribution in [3.05, 3.63) is 69.5 Å². The van der Waals surface area contributed by atoms with Crippen molar-refractivity contribution in [2.45, 2.75) is 18.9 Å². The summed E-state index contributed by atoms with van der Waals surface area (Å²) in [6.45, 7) is 0.330. The molecule has 0 bridgehead atoms. The number of likely N-dealkylation sites (N-methyl/N-ethyl adjacent to an activating group) is 1. The van der Waals surface area contributed by atoms with Gasteiger partial charge >= 0.3 is 0 Å². The standard InChI is InChI=1S/C21H19Cl2FN2O3/c1-26-18(13-5-7-14(24)8-6-13)17(19(27)21(26)29)20(28)25-10-2-3-12-4-9-15(22)16(23)11-12/h4-9,11,17-18H,2-3,10H2,1H3,(H,25,28). The maximum atomic E-state index is 13.2. The summed E-state index contributed by atoms with van der Waals surface area (Å²) in [6, 6.07) is 10.0. The first-order chi connectivity index (χ1) is 13.8. The van der Waals surface area contributed by atoms with Gasteiger partial charge in [-0.05, 0) is 48.2 Å². The van der Waals surface area contributed by atoms with Gasteiger partial charge in [0, 0.05) is 13.6 Å². The Balaban J connectivity index is 1.64. The zero-order chi connectivity index (χ0) is 21.1. The lowest BCUT2D eigenvalue weighted by molar-refractivity contribution is -0.142. The molecule has 3 rings (SSSR count). The van der Waals surface area contributed by atoms with Crippen LogP contribution in [-0.4, -0.2) is 36.1 Å². The highest BCUT2D eigenvalue weighted by Crippen LogP contribution is 2.35. The summed E-state index contributed by atoms with van der Waals surface area (Å²) in [4.78, 5) is 38.4. The number of Topliss-reactive ketones (excluding diaryl/α,β-unsaturated/α-hetero) is 1. The van der Waals surface area contributed by atoms with Gasteiger partial charge in [0.15, 0.2) is 0 Å². The highest BCUT2D eigenvalue weighted by atomic mass is 35.5. The van der Waals surface area contributed by atoms with E-state index in [0.29, 0.717) is 35.0 Å². The van der Waals surface area contributed by atoms with Crippen LogP contribution < -0.4 is 5.32 Å². The van der Waals surface area contributed by atoms with Crippen LogP contribution in [0.2, 0.25) is 10.0 Å². The molecule has 1 N–H and O–H groups in total. The Morgan fingerprint density at radius 2 is 1.79 bits per heavy atom. The number of ketones is 1. The Labute approximate surface area is 177 Å². The van der Waals surface area contributed by atoms with E-state index >= 15 is 0 Å². The fraction of sp³-hybridized carbons (Fsp3) is 0.286. The molecule has 2 unspecified atom stereocenters. The molecule has 2 aromatic carbocycles. The third-order valence-electron chi connectivity index (χ3n) is 4.97. The summed E-state index contributed by atoms with van der Waals surface area (Å²) in [7, 11) is 1.46. The number of hydrogen-bond acceptors (Lipinski definition) is 3. The number of hydrogen-bond donors (Lipinski definition) is 1. The summed E-state index contributed by atoms with van der Waals surface area (Å²) < 4.78 is 13.2. The Morgan fingerprint density at radius 3 is 2.45 bits per heavy atom. The van der Waals surface area contributed by atoms with Gasteiger partial charge in [0.05, 0.1) is 16.1 Å². The number of aryl methyl sites for hydroxylation is 1. The SMILES string of the molecule is CN1C(=O)C(=O)C(C(=O)NCCCc2ccc(Cl)c(Cl)c2)C1c1ccc(F)cc1. The number of carbonyl (C=O) groups excluding carboxylic acids is 3. The molecule has 1 aliphatic rings. The predicted octanol–water partition coefficient (Wildman–Crippen LogP) is 3.58. The highest BCUT2D eigenvalue weighted by Gasteiger charge is 2.50. The molecular formula is C21H19Cl2FN2O3. The minimum atomic E-state index is -1.16. The van der Waals surface area contributed by atoms with Crippen molar-refractivity contribution in [2.24, 2.45) is 5.92 Å². The van der Waals surface area contributed by atoms with Crippen LogP contribution in [-0.2, 0) is 20.8 Å². The van der Waals surface area contributed by atoms with Crippen LogP contribution in [0, 0.1) is 11.7 Å². The van der Waals surface area contributed by atoms with Crippen LogP contribution in [0.15, 0.2) is 42.5 Å². The molecule has 2 atom stereocenters. The lowest BCUT2D eigenvalue weighted by atomic mass is 9.92. The topological polar surface area (TPSA) is 66.5 Å². The number of halogens is 3. The van der Waals surface area contributed by atoms with Crippen molar-refractivity contribution in [3.63, 3.8) is 0 Å². The molecule has 1 aliphatic heterocycles. The minimum absolute atomic E-state index is 0.330. The zero-order valence-corrected chi connectivity index (χ0v) is 17.1. The molecule has 152 valence electrons. The van der Waals surface area contributed by atoms with Gasteiger partial charge < -0.3 is 10.2 Å². The monoisotopic (exact) mass is 436 g/mol. The molecule has 0 spiro atoms. The molecule has 1 saturated heterocycles. The summed E-state index contributed by atoms with van der Waals surface area (Å²) in [6.07, 6.45) is 1.28. The van der Waals surface area contributed by atoms with Gasteiger partial charge in [-0.1, -0.05) is 41.4 Å². The number of benzene rings is 2. The maximum absolute atomic E-state index is 13.2. The van der Waals surface area contributed by atoms with Gasteiger partial charge in [-0.25, -0.2) is 4.39 Å². The molecule has 8 heteroatoms. The van der Waals surface area contributed by atoms with E-state index in [1.54, 1.807) is 12.1 Å². The van der Waals surface area contributed by atoms with Crippen LogP contribution in [0.1, 0.15) is 23.6 Å². The van der Waals surface area contributed by atoms with E-state index in [2.05, 4.69) is 5.32 Å². The summed E-state index contributed by atoms with van der Waals surface area (Å²) in [5, 5.41) is 3.67. The van der Waals surface area contributed by atoms with Gasteiger partial charge in [0.1, 0.15) is 11.7 Å². The highest BCUT2D eigenvalue weighted by molar-refractivity contribution is 6.43. The fourth-order valence-corrected chi connectivity index (χ4v) is 3.77. The predicted molar refractivity (Wildman–Crippen MR) is 108 cm³/mol. The van der Waals surface area contributed by atoms with E-state index in [0.717, 1.165) is 5.56 Å². The lowest BCUT2D eigenvalue weighted by Gasteiger charge is -2.23. The lowest BCUT2D eigenvalue weighted by Crippen LogP contribution is -2.37. The molecule has 29 heavy (non-hydrogen) atoms. The van der Waals surface area contributed by atoms with Crippen molar-refractivity contribution in [3.8, 4) is 0 Å². The van der Waals surface area contributed by atoms with Gasteiger partial charge in [-0.2, -0.15) is 0 Å². The third kappa shape index (κ3) is 4.60. The van der Waals surface area contributed by atoms with Crippen molar-refractivity contribution >= 4 is 40.8 Å². The van der Waals surface area contributed by atoms with Crippen LogP contribution in [0.4, 0.5) is 4.39 Å². The van der Waals surface area contributed by atoms with Gasteiger partial charge in [-0.3, -0.25) is 14.4 Å². The molecular weight excluding hydrogens is 418 g/mol. The first kappa shape index (κ1) is 21.3. The second-order valence-corrected chi connectivity index (χ2v) is 7.71. The van der Waals surface area contributed by atoms with Crippen molar-refractivity contribution in [1.29, 1.82) is 0 Å². The van der Waals surface area contributed by atoms with Crippen LogP contribution in [0.3, 0.4) is 0 Å². The maximum Gasteiger partial charge on any atom is 0.291 e. The fourth-order valence-electron chi connectivity index (χ4n) is 3.45. The van der Waals surface area contributed by atoms with Crippen LogP contribution in [0.5, 0.6) is 0 Å². The van der Waals surface area contributed by atoms with Crippen molar-refractivity contribution in [1.82, 2.24) is 10.2 Å². The number of rotatable bonds is 6. The molecule has 0 radical (unpaired) electrons. The van der Waals surface area contributed by atoms with E-state index in [1.807, 2.05) is 6.07 Å². The van der Waals surface area contributed by atoms with Gasteiger partial charge in [-0.15, -0.1) is 0 Å². The van der Waals surface area contributed by atoms with E-state index in [9.17, 15) is 18.8 Å². The van der Waals surface area contributed by atoms with Gasteiger partial charge in [0.25, 0.3) is 5.91 Å². The quantitative estimate of drug-likeness (QED) is 0.427. The van der Waals surface area contributed by atoms with Gasteiger partial charge in [0.2, 0.25) is 11.7 Å². The Bertz CT molecular complexity index is 949. The average Bonchev–Trinajstić information content (AvgIpc) is 2.92. The molecule has 5 nitrogen and oxygen atoms in total. The second-order valence-electron chi connectivity index (χ2n) is 6.90. The first-order valence-electron chi connectivity index (χ1n) is 9.07. The van der Waals surface area contributed by atoms with E-state index < -0.39 is 35.4 Å². The molecule has 2 aromatic rings. The number of likely N-dealkylation sites (tertiary alicyclic amines) is 1. The third-order valence-corrected chi connectivity index (χ3v) is 5.71. The normalized spacial score (nSPS) is 19.0. The van der Waals surface area contributed by atoms with E-state index in [-0.39, 0.29) is 0 Å². The number of nitrogens with one attached hydrogen (secondary N) is 1. The molecule has 0 saturated carbocycles. The Morgan fingerprint density at radius 1 is 1.10 bits per heavy atom. The average molecular weight is 437 g/mol. The number of nitrogens with zero attached hydrogens (tertiary/aromatic N) is 1.